The SMILES string of the molecule is COC(=O)C(C(=O)OC)[C@@H](c1ccc(Cl)cc1)[C@H](C)C(=O)c1ccc(C)cc1C. The van der Waals surface area contributed by atoms with E-state index >= 15 is 0 Å². The van der Waals surface area contributed by atoms with Crippen molar-refractivity contribution >= 4 is 29.3 Å². The summed E-state index contributed by atoms with van der Waals surface area (Å²) in [4.78, 5) is 38.4. The van der Waals surface area contributed by atoms with Crippen LogP contribution in [0.25, 0.3) is 0 Å². The van der Waals surface area contributed by atoms with Crippen molar-refractivity contribution in [2.45, 2.75) is 26.7 Å². The van der Waals surface area contributed by atoms with Crippen molar-refractivity contribution in [3.63, 3.8) is 0 Å². The molecule has 0 aliphatic heterocycles. The van der Waals surface area contributed by atoms with E-state index in [2.05, 4.69) is 0 Å². The minimum atomic E-state index is -1.28. The maximum atomic E-state index is 13.4. The number of carbonyl (C=O) groups is 3. The maximum absolute atomic E-state index is 13.4. The molecule has 0 saturated carbocycles. The van der Waals surface area contributed by atoms with Gasteiger partial charge in [-0.25, -0.2) is 0 Å². The minimum Gasteiger partial charge on any atom is -0.468 e. The van der Waals surface area contributed by atoms with Gasteiger partial charge in [0.15, 0.2) is 11.7 Å². The predicted molar refractivity (Wildman–Crippen MR) is 111 cm³/mol. The molecule has 0 aromatic heterocycles. The molecule has 2 aromatic rings. The van der Waals surface area contributed by atoms with Gasteiger partial charge in [-0.05, 0) is 37.1 Å². The van der Waals surface area contributed by atoms with Crippen molar-refractivity contribution < 1.29 is 23.9 Å². The Morgan fingerprint density at radius 3 is 1.93 bits per heavy atom. The van der Waals surface area contributed by atoms with Crippen molar-refractivity contribution in [2.75, 3.05) is 14.2 Å². The highest BCUT2D eigenvalue weighted by molar-refractivity contribution is 6.30. The van der Waals surface area contributed by atoms with Gasteiger partial charge in [-0.2, -0.15) is 0 Å². The first-order valence-corrected chi connectivity index (χ1v) is 9.61. The zero-order chi connectivity index (χ0) is 21.7. The van der Waals surface area contributed by atoms with Crippen LogP contribution in [0.2, 0.25) is 5.02 Å². The number of halogens is 1. The number of hydrogen-bond donors (Lipinski definition) is 0. The molecule has 0 aliphatic carbocycles. The number of hydrogen-bond acceptors (Lipinski definition) is 5. The van der Waals surface area contributed by atoms with Crippen molar-refractivity contribution in [2.24, 2.45) is 11.8 Å². The Morgan fingerprint density at radius 1 is 0.897 bits per heavy atom. The molecule has 2 aromatic carbocycles. The van der Waals surface area contributed by atoms with E-state index in [9.17, 15) is 14.4 Å². The Hall–Kier alpha value is -2.66. The van der Waals surface area contributed by atoms with Crippen LogP contribution in [0.1, 0.15) is 39.9 Å². The number of aryl methyl sites for hydroxylation is 2. The Bertz CT molecular complexity index is 888. The van der Waals surface area contributed by atoms with Crippen LogP contribution in [0.15, 0.2) is 42.5 Å². The number of methoxy groups -OCH3 is 2. The van der Waals surface area contributed by atoms with Crippen molar-refractivity contribution in [1.82, 2.24) is 0 Å². The molecule has 0 N–H and O–H groups in total. The van der Waals surface area contributed by atoms with Crippen LogP contribution in [0.5, 0.6) is 0 Å². The van der Waals surface area contributed by atoms with Gasteiger partial charge in [-0.3, -0.25) is 14.4 Å². The molecule has 2 atom stereocenters. The number of Topliss-reactive ketones (excluding diaryl/α,β-unsaturated/α-hetero) is 1. The van der Waals surface area contributed by atoms with E-state index in [1.54, 1.807) is 37.3 Å². The van der Waals surface area contributed by atoms with E-state index in [0.717, 1.165) is 11.1 Å². The van der Waals surface area contributed by atoms with E-state index in [0.29, 0.717) is 16.1 Å². The van der Waals surface area contributed by atoms with E-state index in [1.807, 2.05) is 26.0 Å². The Kier molecular flexibility index (Phi) is 7.57. The van der Waals surface area contributed by atoms with Gasteiger partial charge in [0, 0.05) is 22.4 Å². The largest absolute Gasteiger partial charge is 0.468 e. The summed E-state index contributed by atoms with van der Waals surface area (Å²) in [5, 5.41) is 0.508. The molecule has 0 amide bonds. The number of ketones is 1. The van der Waals surface area contributed by atoms with Gasteiger partial charge < -0.3 is 9.47 Å². The van der Waals surface area contributed by atoms with E-state index in [4.69, 9.17) is 21.1 Å². The zero-order valence-electron chi connectivity index (χ0n) is 17.2. The van der Waals surface area contributed by atoms with Gasteiger partial charge in [0.25, 0.3) is 0 Å². The molecule has 0 heterocycles. The predicted octanol–water partition coefficient (Wildman–Crippen LogP) is 4.52. The highest BCUT2D eigenvalue weighted by atomic mass is 35.5. The fraction of sp³-hybridized carbons (Fsp3) is 0.348. The summed E-state index contributed by atoms with van der Waals surface area (Å²) in [6.07, 6.45) is 0. The first-order valence-electron chi connectivity index (χ1n) is 9.23. The third kappa shape index (κ3) is 5.04. The summed E-state index contributed by atoms with van der Waals surface area (Å²) < 4.78 is 9.72. The van der Waals surface area contributed by atoms with Crippen LogP contribution in [0.3, 0.4) is 0 Å². The first kappa shape index (κ1) is 22.6. The number of rotatable bonds is 7. The smallest absolute Gasteiger partial charge is 0.320 e. The normalized spacial score (nSPS) is 12.9. The Labute approximate surface area is 176 Å². The molecule has 0 spiro atoms. The third-order valence-corrected chi connectivity index (χ3v) is 5.38. The number of carbonyl (C=O) groups excluding carboxylic acids is 3. The van der Waals surface area contributed by atoms with Crippen LogP contribution in [0, 0.1) is 25.7 Å². The zero-order valence-corrected chi connectivity index (χ0v) is 17.9. The maximum Gasteiger partial charge on any atom is 0.320 e. The monoisotopic (exact) mass is 416 g/mol. The molecule has 0 fully saturated rings. The summed E-state index contributed by atoms with van der Waals surface area (Å²) in [6, 6.07) is 12.3. The lowest BCUT2D eigenvalue weighted by Gasteiger charge is -2.29. The average Bonchev–Trinajstić information content (AvgIpc) is 2.70. The molecule has 0 aliphatic rings. The second-order valence-electron chi connectivity index (χ2n) is 7.07. The number of ether oxygens (including phenoxy) is 2. The lowest BCUT2D eigenvalue weighted by atomic mass is 9.74. The van der Waals surface area contributed by atoms with Crippen molar-refractivity contribution in [3.05, 3.63) is 69.7 Å². The van der Waals surface area contributed by atoms with E-state index < -0.39 is 29.7 Å². The summed E-state index contributed by atoms with van der Waals surface area (Å²) in [5.74, 6) is -4.42. The van der Waals surface area contributed by atoms with Gasteiger partial charge in [0.05, 0.1) is 14.2 Å². The molecule has 6 heteroatoms. The molecule has 0 radical (unpaired) electrons. The summed E-state index contributed by atoms with van der Waals surface area (Å²) in [6.45, 7) is 5.52. The molecular weight excluding hydrogens is 392 g/mol. The average molecular weight is 417 g/mol. The Balaban J connectivity index is 2.58. The quantitative estimate of drug-likeness (QED) is 0.377. The molecule has 5 nitrogen and oxygen atoms in total. The third-order valence-electron chi connectivity index (χ3n) is 5.12. The molecule has 2 rings (SSSR count). The van der Waals surface area contributed by atoms with Gasteiger partial charge in [-0.15, -0.1) is 0 Å². The van der Waals surface area contributed by atoms with Crippen LogP contribution >= 0.6 is 11.6 Å². The summed E-state index contributed by atoms with van der Waals surface area (Å²) in [7, 11) is 2.40. The minimum absolute atomic E-state index is 0.166. The number of benzene rings is 2. The van der Waals surface area contributed by atoms with Crippen LogP contribution in [0.4, 0.5) is 0 Å². The lowest BCUT2D eigenvalue weighted by molar-refractivity contribution is -0.160. The second-order valence-corrected chi connectivity index (χ2v) is 7.51. The fourth-order valence-electron chi connectivity index (χ4n) is 3.60. The van der Waals surface area contributed by atoms with E-state index in [1.165, 1.54) is 14.2 Å². The van der Waals surface area contributed by atoms with Crippen LogP contribution in [-0.4, -0.2) is 31.9 Å². The fourth-order valence-corrected chi connectivity index (χ4v) is 3.72. The highest BCUT2D eigenvalue weighted by Crippen LogP contribution is 2.37. The molecule has 0 bridgehead atoms. The molecule has 29 heavy (non-hydrogen) atoms. The molecule has 154 valence electrons. The van der Waals surface area contributed by atoms with Gasteiger partial charge in [0.2, 0.25) is 0 Å². The molecule has 0 unspecified atom stereocenters. The van der Waals surface area contributed by atoms with Gasteiger partial charge >= 0.3 is 11.9 Å². The Morgan fingerprint density at radius 2 is 1.45 bits per heavy atom. The molecular formula is C23H25ClO5. The van der Waals surface area contributed by atoms with Crippen LogP contribution in [-0.2, 0) is 19.1 Å². The highest BCUT2D eigenvalue weighted by Gasteiger charge is 2.43. The second kappa shape index (κ2) is 9.70. The number of esters is 2. The summed E-state index contributed by atoms with van der Waals surface area (Å²) in [5.41, 5.74) is 3.06. The first-order chi connectivity index (χ1) is 13.7. The van der Waals surface area contributed by atoms with Crippen molar-refractivity contribution in [1.29, 1.82) is 0 Å². The van der Waals surface area contributed by atoms with Crippen molar-refractivity contribution in [3.8, 4) is 0 Å². The van der Waals surface area contributed by atoms with Crippen LogP contribution < -0.4 is 0 Å². The van der Waals surface area contributed by atoms with Gasteiger partial charge in [0.1, 0.15) is 0 Å². The van der Waals surface area contributed by atoms with Gasteiger partial charge in [-0.1, -0.05) is 54.4 Å². The van der Waals surface area contributed by atoms with E-state index in [-0.39, 0.29) is 5.78 Å². The topological polar surface area (TPSA) is 69.7 Å². The summed E-state index contributed by atoms with van der Waals surface area (Å²) >= 11 is 6.00. The standard InChI is InChI=1S/C23H25ClO5/c1-13-6-11-18(14(2)12-13)21(25)15(3)19(16-7-9-17(24)10-8-16)20(22(26)28-4)23(27)29-5/h6-12,15,19-20H,1-5H3/t15-,19+/m0/s1. The molecule has 0 saturated heterocycles. The lowest BCUT2D eigenvalue weighted by Crippen LogP contribution is -2.37.